The molecule has 2 fully saturated rings. The molecule has 0 unspecified atom stereocenters. The van der Waals surface area contributed by atoms with Gasteiger partial charge < -0.3 is 0 Å². The molecule has 1 aromatic carbocycles. The Labute approximate surface area is 150 Å². The standard InChI is InChI=1S/C24H37/c1-17-5-8-21(9-6-17)15-22-10-12-23(13-11-22)16-24-14-7-18(2)19(3)20(24)4/h7,14,21-23H,5-6,8-13,15-16H2,1-4H3. The number of hydrogen-bond donors (Lipinski definition) is 0. The summed E-state index contributed by atoms with van der Waals surface area (Å²) in [4.78, 5) is 0. The van der Waals surface area contributed by atoms with E-state index in [4.69, 9.17) is 0 Å². The molecule has 0 amide bonds. The molecule has 0 heteroatoms. The van der Waals surface area contributed by atoms with E-state index in [-0.39, 0.29) is 0 Å². The Hall–Kier alpha value is -0.780. The third-order valence-electron chi connectivity index (χ3n) is 7.27. The highest BCUT2D eigenvalue weighted by Gasteiger charge is 2.26. The minimum absolute atomic E-state index is 0.934. The minimum atomic E-state index is 0.934. The van der Waals surface area contributed by atoms with Crippen LogP contribution in [-0.2, 0) is 6.42 Å². The van der Waals surface area contributed by atoms with Crippen LogP contribution in [0, 0.1) is 44.4 Å². The van der Waals surface area contributed by atoms with Crippen LogP contribution in [0.3, 0.4) is 0 Å². The quantitative estimate of drug-likeness (QED) is 0.552. The van der Waals surface area contributed by atoms with Crippen LogP contribution in [0.1, 0.15) is 87.0 Å². The number of aryl methyl sites for hydroxylation is 1. The number of rotatable bonds is 4. The minimum Gasteiger partial charge on any atom is -0.0591 e. The summed E-state index contributed by atoms with van der Waals surface area (Å²) in [6.45, 7) is 9.21. The number of hydrogen-bond acceptors (Lipinski definition) is 0. The highest BCUT2D eigenvalue weighted by Crippen LogP contribution is 2.39. The fraction of sp³-hybridized carbons (Fsp3) is 0.708. The van der Waals surface area contributed by atoms with Gasteiger partial charge in [0.1, 0.15) is 0 Å². The second-order valence-corrected chi connectivity index (χ2v) is 9.02. The van der Waals surface area contributed by atoms with Crippen molar-refractivity contribution >= 4 is 0 Å². The van der Waals surface area contributed by atoms with Crippen LogP contribution >= 0.6 is 0 Å². The van der Waals surface area contributed by atoms with E-state index in [1.165, 1.54) is 75.3 Å². The fourth-order valence-electron chi connectivity index (χ4n) is 5.09. The van der Waals surface area contributed by atoms with E-state index >= 15 is 0 Å². The SMILES string of the molecule is C[C]1CCC(CC2CCC(Cc3ccc(C)c(C)c3C)CC2)CC1. The largest absolute Gasteiger partial charge is 0.0591 e. The molecule has 133 valence electrons. The maximum absolute atomic E-state index is 2.39. The smallest absolute Gasteiger partial charge is 0.0248 e. The van der Waals surface area contributed by atoms with E-state index in [0.717, 1.165) is 17.8 Å². The molecule has 24 heavy (non-hydrogen) atoms. The second kappa shape index (κ2) is 8.07. The molecular formula is C24H37. The van der Waals surface area contributed by atoms with Gasteiger partial charge in [0.2, 0.25) is 0 Å². The first-order valence-corrected chi connectivity index (χ1v) is 10.4. The third kappa shape index (κ3) is 4.44. The van der Waals surface area contributed by atoms with Crippen molar-refractivity contribution in [3.05, 3.63) is 40.3 Å². The Morgan fingerprint density at radius 2 is 1.29 bits per heavy atom. The molecule has 2 aliphatic carbocycles. The molecule has 3 rings (SSSR count). The van der Waals surface area contributed by atoms with E-state index in [0.29, 0.717) is 0 Å². The van der Waals surface area contributed by atoms with Crippen molar-refractivity contribution in [1.82, 2.24) is 0 Å². The summed E-state index contributed by atoms with van der Waals surface area (Å²) in [7, 11) is 0. The monoisotopic (exact) mass is 325 g/mol. The van der Waals surface area contributed by atoms with Crippen LogP contribution < -0.4 is 0 Å². The lowest BCUT2D eigenvalue weighted by Gasteiger charge is -2.33. The van der Waals surface area contributed by atoms with Crippen LogP contribution in [0.5, 0.6) is 0 Å². The average molecular weight is 326 g/mol. The van der Waals surface area contributed by atoms with Gasteiger partial charge in [0, 0.05) is 0 Å². The molecule has 2 saturated carbocycles. The van der Waals surface area contributed by atoms with Crippen LogP contribution in [0.2, 0.25) is 0 Å². The molecule has 0 N–H and O–H groups in total. The molecule has 0 aliphatic heterocycles. The molecular weight excluding hydrogens is 288 g/mol. The van der Waals surface area contributed by atoms with E-state index in [2.05, 4.69) is 39.8 Å². The molecule has 0 nitrogen and oxygen atoms in total. The highest BCUT2D eigenvalue weighted by atomic mass is 14.3. The van der Waals surface area contributed by atoms with Crippen LogP contribution in [0.4, 0.5) is 0 Å². The Morgan fingerprint density at radius 3 is 1.96 bits per heavy atom. The molecule has 0 bridgehead atoms. The van der Waals surface area contributed by atoms with Crippen LogP contribution in [0.25, 0.3) is 0 Å². The molecule has 0 heterocycles. The zero-order valence-electron chi connectivity index (χ0n) is 16.5. The maximum Gasteiger partial charge on any atom is -0.0248 e. The Morgan fingerprint density at radius 1 is 0.708 bits per heavy atom. The van der Waals surface area contributed by atoms with E-state index in [1.54, 1.807) is 17.0 Å². The van der Waals surface area contributed by atoms with Gasteiger partial charge >= 0.3 is 0 Å². The van der Waals surface area contributed by atoms with Crippen molar-refractivity contribution in [2.45, 2.75) is 91.9 Å². The third-order valence-corrected chi connectivity index (χ3v) is 7.27. The predicted octanol–water partition coefficient (Wildman–Crippen LogP) is 7.14. The summed E-state index contributed by atoms with van der Waals surface area (Å²) in [5, 5.41) is 0. The van der Waals surface area contributed by atoms with E-state index < -0.39 is 0 Å². The Kier molecular flexibility index (Phi) is 6.06. The Balaban J connectivity index is 1.46. The van der Waals surface area contributed by atoms with Gasteiger partial charge in [-0.15, -0.1) is 0 Å². The molecule has 0 aromatic heterocycles. The first-order chi connectivity index (χ1) is 11.5. The van der Waals surface area contributed by atoms with Crippen molar-refractivity contribution in [3.63, 3.8) is 0 Å². The number of benzene rings is 1. The van der Waals surface area contributed by atoms with Crippen molar-refractivity contribution in [2.75, 3.05) is 0 Å². The van der Waals surface area contributed by atoms with Gasteiger partial charge in [-0.05, 0) is 118 Å². The first-order valence-electron chi connectivity index (χ1n) is 10.4. The predicted molar refractivity (Wildman–Crippen MR) is 105 cm³/mol. The van der Waals surface area contributed by atoms with Gasteiger partial charge in [-0.2, -0.15) is 0 Å². The lowest BCUT2D eigenvalue weighted by molar-refractivity contribution is 0.215. The molecule has 0 spiro atoms. The topological polar surface area (TPSA) is 0 Å². The van der Waals surface area contributed by atoms with Crippen molar-refractivity contribution in [3.8, 4) is 0 Å². The summed E-state index contributed by atoms with van der Waals surface area (Å²) < 4.78 is 0. The van der Waals surface area contributed by atoms with Crippen LogP contribution in [-0.4, -0.2) is 0 Å². The van der Waals surface area contributed by atoms with Gasteiger partial charge in [-0.3, -0.25) is 0 Å². The zero-order chi connectivity index (χ0) is 17.1. The van der Waals surface area contributed by atoms with E-state index in [1.807, 2.05) is 0 Å². The molecule has 1 aromatic rings. The van der Waals surface area contributed by atoms with Crippen molar-refractivity contribution < 1.29 is 0 Å². The fourth-order valence-corrected chi connectivity index (χ4v) is 5.09. The van der Waals surface area contributed by atoms with Gasteiger partial charge in [0.05, 0.1) is 0 Å². The average Bonchev–Trinajstić information content (AvgIpc) is 2.59. The summed E-state index contributed by atoms with van der Waals surface area (Å²) in [5.41, 5.74) is 6.11. The van der Waals surface area contributed by atoms with Crippen molar-refractivity contribution in [2.24, 2.45) is 17.8 Å². The second-order valence-electron chi connectivity index (χ2n) is 9.02. The summed E-state index contributed by atoms with van der Waals surface area (Å²) in [6, 6.07) is 4.72. The zero-order valence-corrected chi connectivity index (χ0v) is 16.5. The molecule has 1 radical (unpaired) electrons. The van der Waals surface area contributed by atoms with E-state index in [9.17, 15) is 0 Å². The maximum atomic E-state index is 2.39. The molecule has 0 saturated heterocycles. The van der Waals surface area contributed by atoms with Crippen LogP contribution in [0.15, 0.2) is 12.1 Å². The highest BCUT2D eigenvalue weighted by molar-refractivity contribution is 5.38. The van der Waals surface area contributed by atoms with Gasteiger partial charge in [0.15, 0.2) is 0 Å². The summed E-state index contributed by atoms with van der Waals surface area (Å²) >= 11 is 0. The molecule has 2 aliphatic rings. The first kappa shape index (κ1) is 18.0. The van der Waals surface area contributed by atoms with Gasteiger partial charge in [-0.25, -0.2) is 0 Å². The summed E-state index contributed by atoms with van der Waals surface area (Å²) in [5.74, 6) is 4.76. The van der Waals surface area contributed by atoms with Gasteiger partial charge in [-0.1, -0.05) is 31.9 Å². The van der Waals surface area contributed by atoms with Gasteiger partial charge in [0.25, 0.3) is 0 Å². The lowest BCUT2D eigenvalue weighted by atomic mass is 9.72. The molecule has 0 atom stereocenters. The lowest BCUT2D eigenvalue weighted by Crippen LogP contribution is -2.21. The normalized spacial score (nSPS) is 26.7. The summed E-state index contributed by atoms with van der Waals surface area (Å²) in [6.07, 6.45) is 14.5. The Bertz CT molecular complexity index is 525. The van der Waals surface area contributed by atoms with Crippen molar-refractivity contribution in [1.29, 1.82) is 0 Å².